The van der Waals surface area contributed by atoms with Crippen molar-refractivity contribution in [2.45, 2.75) is 12.8 Å². The van der Waals surface area contributed by atoms with Gasteiger partial charge in [-0.05, 0) is 118 Å². The molecule has 0 bridgehead atoms. The molecule has 6 heteroatoms. The van der Waals surface area contributed by atoms with Gasteiger partial charge in [-0.1, -0.05) is 146 Å². The normalized spacial score (nSPS) is 13.8. The SMILES string of the molecule is N=C(N=C(N=Cc1ccc2c3ccccc3n(C3=CC=CCC3)c2c1)c1ccc2ccc(N3c4cc5ccccc5cc4-c4cccc5cccc3c45)cc2c1)c1cccc2c1oc1ccccc12. The average molecular weight is 884 g/mol. The second-order valence-electron chi connectivity index (χ2n) is 18.1. The molecule has 12 aromatic rings. The molecule has 0 unspecified atom stereocenters. The first kappa shape index (κ1) is 39.1. The number of para-hydroxylation sites is 3. The van der Waals surface area contributed by atoms with Gasteiger partial charge in [-0.15, -0.1) is 0 Å². The molecule has 0 spiro atoms. The van der Waals surface area contributed by atoms with Gasteiger partial charge in [0.25, 0.3) is 0 Å². The maximum Gasteiger partial charge on any atom is 0.161 e. The van der Waals surface area contributed by atoms with Crippen LogP contribution >= 0.6 is 0 Å². The number of nitrogens with one attached hydrogen (secondary N) is 1. The third-order valence-electron chi connectivity index (χ3n) is 14.0. The molecule has 0 saturated heterocycles. The number of aliphatic imine (C=N–C) groups is 2. The van der Waals surface area contributed by atoms with Crippen molar-refractivity contribution in [2.75, 3.05) is 4.90 Å². The van der Waals surface area contributed by atoms with E-state index < -0.39 is 0 Å². The van der Waals surface area contributed by atoms with E-state index in [1.165, 1.54) is 54.7 Å². The van der Waals surface area contributed by atoms with Gasteiger partial charge in [0.2, 0.25) is 0 Å². The third-order valence-corrected chi connectivity index (χ3v) is 14.0. The Labute approximate surface area is 397 Å². The van der Waals surface area contributed by atoms with E-state index in [4.69, 9.17) is 14.4 Å². The van der Waals surface area contributed by atoms with Crippen LogP contribution in [0.1, 0.15) is 29.5 Å². The second kappa shape index (κ2) is 15.5. The molecule has 14 rings (SSSR count). The Morgan fingerprint density at radius 3 is 2.23 bits per heavy atom. The van der Waals surface area contributed by atoms with E-state index in [1.807, 2.05) is 42.6 Å². The third kappa shape index (κ3) is 6.30. The number of hydrogen-bond donors (Lipinski definition) is 1. The molecule has 69 heavy (non-hydrogen) atoms. The Bertz CT molecular complexity index is 4290. The van der Waals surface area contributed by atoms with Crippen molar-refractivity contribution < 1.29 is 4.42 Å². The van der Waals surface area contributed by atoms with E-state index in [9.17, 15) is 5.41 Å². The summed E-state index contributed by atoms with van der Waals surface area (Å²) in [4.78, 5) is 12.7. The number of furan rings is 1. The van der Waals surface area contributed by atoms with Crippen LogP contribution in [-0.4, -0.2) is 22.5 Å². The smallest absolute Gasteiger partial charge is 0.161 e. The zero-order valence-electron chi connectivity index (χ0n) is 37.4. The number of fused-ring (bicyclic) bond motifs is 10. The lowest BCUT2D eigenvalue weighted by atomic mass is 9.89. The van der Waals surface area contributed by atoms with Crippen LogP contribution in [0.3, 0.4) is 0 Å². The quantitative estimate of drug-likeness (QED) is 0.138. The summed E-state index contributed by atoms with van der Waals surface area (Å²) in [6.45, 7) is 0. The summed E-state index contributed by atoms with van der Waals surface area (Å²) in [5.41, 5.74) is 13.1. The summed E-state index contributed by atoms with van der Waals surface area (Å²) in [6.07, 6.45) is 10.5. The van der Waals surface area contributed by atoms with Gasteiger partial charge in [-0.3, -0.25) is 5.41 Å². The van der Waals surface area contributed by atoms with E-state index >= 15 is 0 Å². The first-order valence-electron chi connectivity index (χ1n) is 23.5. The number of allylic oxidation sites excluding steroid dienone is 4. The molecular formula is C63H41N5O. The van der Waals surface area contributed by atoms with Crippen molar-refractivity contribution in [1.82, 2.24) is 4.57 Å². The molecule has 0 amide bonds. The minimum absolute atomic E-state index is 0.0671. The van der Waals surface area contributed by atoms with Gasteiger partial charge in [0, 0.05) is 55.7 Å². The van der Waals surface area contributed by atoms with Crippen molar-refractivity contribution in [3.05, 3.63) is 229 Å². The molecular weight excluding hydrogens is 843 g/mol. The van der Waals surface area contributed by atoms with Crippen LogP contribution in [0.5, 0.6) is 0 Å². The molecule has 324 valence electrons. The Morgan fingerprint density at radius 1 is 0.565 bits per heavy atom. The topological polar surface area (TPSA) is 69.9 Å². The molecule has 1 aliphatic carbocycles. The van der Waals surface area contributed by atoms with E-state index in [0.717, 1.165) is 73.7 Å². The standard InChI is InChI=1S/C63H41N5O/c64-62(53-23-12-22-52-50-20-7-9-26-59(50)69-61(52)53)66-63(65-38-39-27-32-49-48-19-6-8-24-55(48)67(57(49)33-39)46-17-2-1-3-18-46)44-29-28-40-30-31-47(35-45(40)34-44)68-56-25-11-16-41-15-10-21-51(60(41)56)54-36-42-13-4-5-14-43(42)37-58(54)68/h1-2,4-17,19-38,64H,3,18H2. The average Bonchev–Trinajstić information content (AvgIpc) is 3.95. The van der Waals surface area contributed by atoms with Crippen LogP contribution in [0.15, 0.2) is 227 Å². The summed E-state index contributed by atoms with van der Waals surface area (Å²) in [5, 5.41) is 20.9. The second-order valence-corrected chi connectivity index (χ2v) is 18.1. The van der Waals surface area contributed by atoms with Crippen LogP contribution in [0, 0.1) is 5.41 Å². The summed E-state index contributed by atoms with van der Waals surface area (Å²) in [7, 11) is 0. The van der Waals surface area contributed by atoms with Gasteiger partial charge < -0.3 is 13.9 Å². The Kier molecular flexibility index (Phi) is 8.76. The van der Waals surface area contributed by atoms with Crippen molar-refractivity contribution in [3.8, 4) is 11.1 Å². The first-order chi connectivity index (χ1) is 34.1. The highest BCUT2D eigenvalue weighted by atomic mass is 16.3. The van der Waals surface area contributed by atoms with Gasteiger partial charge in [0.05, 0.1) is 28.0 Å². The zero-order valence-corrected chi connectivity index (χ0v) is 37.4. The number of benzene rings is 10. The highest BCUT2D eigenvalue weighted by Gasteiger charge is 2.27. The lowest BCUT2D eigenvalue weighted by molar-refractivity contribution is 0.668. The van der Waals surface area contributed by atoms with Crippen LogP contribution in [0.25, 0.3) is 92.9 Å². The van der Waals surface area contributed by atoms with Crippen molar-refractivity contribution in [3.63, 3.8) is 0 Å². The predicted molar refractivity (Wildman–Crippen MR) is 289 cm³/mol. The van der Waals surface area contributed by atoms with Gasteiger partial charge in [-0.2, -0.15) is 0 Å². The van der Waals surface area contributed by atoms with Gasteiger partial charge in [0.1, 0.15) is 11.2 Å². The largest absolute Gasteiger partial charge is 0.455 e. The number of amidine groups is 2. The van der Waals surface area contributed by atoms with E-state index in [2.05, 4.69) is 185 Å². The van der Waals surface area contributed by atoms with Crippen LogP contribution < -0.4 is 4.90 Å². The fraction of sp³-hybridized carbons (Fsp3) is 0.0317. The maximum atomic E-state index is 9.59. The molecule has 1 N–H and O–H groups in total. The molecule has 3 heterocycles. The fourth-order valence-electron chi connectivity index (χ4n) is 10.8. The summed E-state index contributed by atoms with van der Waals surface area (Å²) in [5.74, 6) is 0.493. The number of rotatable bonds is 5. The van der Waals surface area contributed by atoms with E-state index in [0.29, 0.717) is 17.0 Å². The monoisotopic (exact) mass is 883 g/mol. The molecule has 0 radical (unpaired) electrons. The summed E-state index contributed by atoms with van der Waals surface area (Å²) < 4.78 is 8.80. The Balaban J connectivity index is 0.927. The van der Waals surface area contributed by atoms with Crippen molar-refractivity contribution in [1.29, 1.82) is 5.41 Å². The minimum Gasteiger partial charge on any atom is -0.455 e. The van der Waals surface area contributed by atoms with Crippen LogP contribution in [0.4, 0.5) is 17.1 Å². The molecule has 0 fully saturated rings. The molecule has 0 saturated carbocycles. The number of aromatic nitrogens is 1. The highest BCUT2D eigenvalue weighted by molar-refractivity contribution is 6.20. The number of hydrogen-bond acceptors (Lipinski definition) is 3. The zero-order chi connectivity index (χ0) is 45.6. The lowest BCUT2D eigenvalue weighted by Crippen LogP contribution is -2.15. The maximum absolute atomic E-state index is 9.59. The fourth-order valence-corrected chi connectivity index (χ4v) is 10.8. The molecule has 2 aliphatic rings. The predicted octanol–water partition coefficient (Wildman–Crippen LogP) is 16.7. The van der Waals surface area contributed by atoms with Crippen molar-refractivity contribution in [2.24, 2.45) is 9.98 Å². The molecule has 1 aliphatic heterocycles. The summed E-state index contributed by atoms with van der Waals surface area (Å²) >= 11 is 0. The molecule has 0 atom stereocenters. The first-order valence-corrected chi connectivity index (χ1v) is 23.5. The van der Waals surface area contributed by atoms with E-state index in [-0.39, 0.29) is 5.84 Å². The molecule has 6 nitrogen and oxygen atoms in total. The lowest BCUT2D eigenvalue weighted by Gasteiger charge is -2.34. The number of nitrogens with zero attached hydrogens (tertiary/aromatic N) is 4. The number of anilines is 3. The minimum atomic E-state index is 0.0671. The van der Waals surface area contributed by atoms with Gasteiger partial charge in [0.15, 0.2) is 11.7 Å². The van der Waals surface area contributed by atoms with Gasteiger partial charge in [-0.25, -0.2) is 9.98 Å². The molecule has 10 aromatic carbocycles. The highest BCUT2D eigenvalue weighted by Crippen LogP contribution is 2.52. The Morgan fingerprint density at radius 2 is 1.33 bits per heavy atom. The van der Waals surface area contributed by atoms with Crippen molar-refractivity contribution >= 4 is 117 Å². The van der Waals surface area contributed by atoms with Crippen LogP contribution in [0.2, 0.25) is 0 Å². The molecule has 2 aromatic heterocycles. The van der Waals surface area contributed by atoms with Gasteiger partial charge >= 0.3 is 0 Å². The Hall–Kier alpha value is -9.13. The van der Waals surface area contributed by atoms with Crippen LogP contribution in [-0.2, 0) is 0 Å². The van der Waals surface area contributed by atoms with E-state index in [1.54, 1.807) is 0 Å². The summed E-state index contributed by atoms with van der Waals surface area (Å²) in [6, 6.07) is 68.6.